The summed E-state index contributed by atoms with van der Waals surface area (Å²) in [5.41, 5.74) is 2.38. The SMILES string of the molecule is CCN(CC)[C@@H](Cc1ccc(C(C)C)cc1)C(=O)O. The molecule has 3 nitrogen and oxygen atoms in total. The lowest BCUT2D eigenvalue weighted by molar-refractivity contribution is -0.143. The van der Waals surface area contributed by atoms with Gasteiger partial charge in [0.15, 0.2) is 0 Å². The summed E-state index contributed by atoms with van der Waals surface area (Å²) in [4.78, 5) is 13.4. The maximum Gasteiger partial charge on any atom is 0.321 e. The van der Waals surface area contributed by atoms with E-state index in [1.54, 1.807) is 0 Å². The van der Waals surface area contributed by atoms with E-state index in [2.05, 4.69) is 38.1 Å². The van der Waals surface area contributed by atoms with Crippen LogP contribution in [0.25, 0.3) is 0 Å². The van der Waals surface area contributed by atoms with Crippen molar-refractivity contribution in [3.63, 3.8) is 0 Å². The Morgan fingerprint density at radius 1 is 1.16 bits per heavy atom. The molecule has 0 aromatic heterocycles. The molecular formula is C16H25NO2. The molecule has 106 valence electrons. The minimum atomic E-state index is -0.739. The molecule has 0 saturated heterocycles. The summed E-state index contributed by atoms with van der Waals surface area (Å²) in [5, 5.41) is 9.37. The quantitative estimate of drug-likeness (QED) is 0.821. The molecule has 0 heterocycles. The van der Waals surface area contributed by atoms with Gasteiger partial charge in [0.2, 0.25) is 0 Å². The van der Waals surface area contributed by atoms with E-state index in [9.17, 15) is 9.90 Å². The van der Waals surface area contributed by atoms with Crippen LogP contribution in [0.2, 0.25) is 0 Å². The molecule has 0 radical (unpaired) electrons. The number of hydrogen-bond acceptors (Lipinski definition) is 2. The molecule has 0 aliphatic carbocycles. The molecule has 0 unspecified atom stereocenters. The lowest BCUT2D eigenvalue weighted by Gasteiger charge is -2.26. The number of carbonyl (C=O) groups is 1. The van der Waals surface area contributed by atoms with Crippen LogP contribution in [0, 0.1) is 0 Å². The maximum absolute atomic E-state index is 11.4. The normalized spacial score (nSPS) is 12.9. The molecule has 1 aromatic rings. The second-order valence-corrected chi connectivity index (χ2v) is 5.18. The van der Waals surface area contributed by atoms with Crippen LogP contribution in [0.15, 0.2) is 24.3 Å². The van der Waals surface area contributed by atoms with Crippen molar-refractivity contribution < 1.29 is 9.90 Å². The maximum atomic E-state index is 11.4. The first-order valence-electron chi connectivity index (χ1n) is 7.05. The highest BCUT2D eigenvalue weighted by atomic mass is 16.4. The predicted molar refractivity (Wildman–Crippen MR) is 78.6 cm³/mol. The second kappa shape index (κ2) is 7.29. The highest BCUT2D eigenvalue weighted by Gasteiger charge is 2.23. The van der Waals surface area contributed by atoms with E-state index in [0.717, 1.165) is 18.7 Å². The van der Waals surface area contributed by atoms with E-state index < -0.39 is 12.0 Å². The predicted octanol–water partition coefficient (Wildman–Crippen LogP) is 3.15. The Morgan fingerprint density at radius 3 is 2.05 bits per heavy atom. The number of aliphatic carboxylic acids is 1. The topological polar surface area (TPSA) is 40.5 Å². The average molecular weight is 263 g/mol. The Kier molecular flexibility index (Phi) is 6.03. The van der Waals surface area contributed by atoms with Gasteiger partial charge in [-0.2, -0.15) is 0 Å². The van der Waals surface area contributed by atoms with Crippen molar-refractivity contribution in [1.82, 2.24) is 4.90 Å². The van der Waals surface area contributed by atoms with E-state index in [4.69, 9.17) is 0 Å². The standard InChI is InChI=1S/C16H25NO2/c1-5-17(6-2)15(16(18)19)11-13-7-9-14(10-8-13)12(3)4/h7-10,12,15H,5-6,11H2,1-4H3,(H,18,19)/t15-/m0/s1. The monoisotopic (exact) mass is 263 g/mol. The van der Waals surface area contributed by atoms with Crippen molar-refractivity contribution in [2.75, 3.05) is 13.1 Å². The van der Waals surface area contributed by atoms with Crippen molar-refractivity contribution >= 4 is 5.97 Å². The molecule has 0 spiro atoms. The fraction of sp³-hybridized carbons (Fsp3) is 0.562. The number of hydrogen-bond donors (Lipinski definition) is 1. The molecule has 0 bridgehead atoms. The lowest BCUT2D eigenvalue weighted by Crippen LogP contribution is -2.42. The fourth-order valence-electron chi connectivity index (χ4n) is 2.30. The van der Waals surface area contributed by atoms with E-state index in [1.807, 2.05) is 18.7 Å². The number of benzene rings is 1. The van der Waals surface area contributed by atoms with Crippen LogP contribution in [-0.4, -0.2) is 35.1 Å². The zero-order chi connectivity index (χ0) is 14.4. The van der Waals surface area contributed by atoms with E-state index in [-0.39, 0.29) is 0 Å². The van der Waals surface area contributed by atoms with Gasteiger partial charge in [-0.15, -0.1) is 0 Å². The number of nitrogens with zero attached hydrogens (tertiary/aromatic N) is 1. The van der Waals surface area contributed by atoms with Crippen LogP contribution < -0.4 is 0 Å². The van der Waals surface area contributed by atoms with Crippen molar-refractivity contribution in [3.8, 4) is 0 Å². The molecule has 0 aliphatic rings. The van der Waals surface area contributed by atoms with Gasteiger partial charge in [-0.1, -0.05) is 52.0 Å². The fourth-order valence-corrected chi connectivity index (χ4v) is 2.30. The molecule has 0 aliphatic heterocycles. The van der Waals surface area contributed by atoms with Crippen LogP contribution in [-0.2, 0) is 11.2 Å². The molecule has 1 atom stereocenters. The first-order chi connectivity index (χ1) is 8.99. The van der Waals surface area contributed by atoms with Crippen molar-refractivity contribution in [2.24, 2.45) is 0 Å². The summed E-state index contributed by atoms with van der Waals surface area (Å²) >= 11 is 0. The molecule has 1 rings (SSSR count). The Balaban J connectivity index is 2.82. The number of rotatable bonds is 7. The summed E-state index contributed by atoms with van der Waals surface area (Å²) in [6.45, 7) is 9.84. The molecule has 3 heteroatoms. The zero-order valence-electron chi connectivity index (χ0n) is 12.4. The lowest BCUT2D eigenvalue weighted by atomic mass is 9.98. The van der Waals surface area contributed by atoms with Crippen molar-refractivity contribution in [3.05, 3.63) is 35.4 Å². The minimum absolute atomic E-state index is 0.431. The van der Waals surface area contributed by atoms with E-state index in [1.165, 1.54) is 5.56 Å². The van der Waals surface area contributed by atoms with Crippen LogP contribution >= 0.6 is 0 Å². The van der Waals surface area contributed by atoms with Crippen molar-refractivity contribution in [2.45, 2.75) is 46.1 Å². The third-order valence-corrected chi connectivity index (χ3v) is 3.61. The van der Waals surface area contributed by atoms with E-state index >= 15 is 0 Å². The van der Waals surface area contributed by atoms with Gasteiger partial charge in [0.1, 0.15) is 6.04 Å². The van der Waals surface area contributed by atoms with Gasteiger partial charge in [-0.3, -0.25) is 9.69 Å². The largest absolute Gasteiger partial charge is 0.480 e. The number of carboxylic acid groups (broad SMARTS) is 1. The van der Waals surface area contributed by atoms with Crippen LogP contribution in [0.3, 0.4) is 0 Å². The summed E-state index contributed by atoms with van der Waals surface area (Å²) in [6.07, 6.45) is 0.565. The first-order valence-corrected chi connectivity index (χ1v) is 7.05. The van der Waals surface area contributed by atoms with Crippen LogP contribution in [0.5, 0.6) is 0 Å². The van der Waals surface area contributed by atoms with Gasteiger partial charge in [-0.05, 0) is 36.6 Å². The molecular weight excluding hydrogens is 238 g/mol. The molecule has 19 heavy (non-hydrogen) atoms. The minimum Gasteiger partial charge on any atom is -0.480 e. The zero-order valence-corrected chi connectivity index (χ0v) is 12.4. The third kappa shape index (κ3) is 4.35. The molecule has 0 fully saturated rings. The Labute approximate surface area is 116 Å². The molecule has 1 N–H and O–H groups in total. The molecule has 1 aromatic carbocycles. The summed E-state index contributed by atoms with van der Waals surface area (Å²) in [7, 11) is 0. The second-order valence-electron chi connectivity index (χ2n) is 5.18. The Hall–Kier alpha value is -1.35. The first kappa shape index (κ1) is 15.7. The third-order valence-electron chi connectivity index (χ3n) is 3.61. The van der Waals surface area contributed by atoms with Gasteiger partial charge in [0, 0.05) is 0 Å². The van der Waals surface area contributed by atoms with Gasteiger partial charge in [0.25, 0.3) is 0 Å². The smallest absolute Gasteiger partial charge is 0.321 e. The summed E-state index contributed by atoms with van der Waals surface area (Å²) in [6, 6.07) is 7.87. The highest BCUT2D eigenvalue weighted by molar-refractivity contribution is 5.74. The average Bonchev–Trinajstić information content (AvgIpc) is 2.39. The summed E-state index contributed by atoms with van der Waals surface area (Å²) < 4.78 is 0. The Morgan fingerprint density at radius 2 is 1.68 bits per heavy atom. The number of likely N-dealkylation sites (N-methyl/N-ethyl adjacent to an activating group) is 1. The van der Waals surface area contributed by atoms with E-state index in [0.29, 0.717) is 12.3 Å². The van der Waals surface area contributed by atoms with Gasteiger partial charge >= 0.3 is 5.97 Å². The van der Waals surface area contributed by atoms with Gasteiger partial charge in [0.05, 0.1) is 0 Å². The van der Waals surface area contributed by atoms with Gasteiger partial charge in [-0.25, -0.2) is 0 Å². The van der Waals surface area contributed by atoms with Crippen LogP contribution in [0.4, 0.5) is 0 Å². The van der Waals surface area contributed by atoms with Gasteiger partial charge < -0.3 is 5.11 Å². The molecule has 0 amide bonds. The summed E-state index contributed by atoms with van der Waals surface area (Å²) in [5.74, 6) is -0.233. The van der Waals surface area contributed by atoms with Crippen LogP contribution in [0.1, 0.15) is 44.7 Å². The number of carboxylic acids is 1. The molecule has 0 saturated carbocycles. The Bertz CT molecular complexity index is 394. The van der Waals surface area contributed by atoms with Crippen molar-refractivity contribution in [1.29, 1.82) is 0 Å². The highest BCUT2D eigenvalue weighted by Crippen LogP contribution is 2.16.